The molecule has 0 saturated carbocycles. The minimum atomic E-state index is -0.846. The molecular formula is C56H109NO5. The van der Waals surface area contributed by atoms with E-state index in [4.69, 9.17) is 4.74 Å². The van der Waals surface area contributed by atoms with Crippen molar-refractivity contribution >= 4 is 11.9 Å². The van der Waals surface area contributed by atoms with Crippen LogP contribution in [0.1, 0.15) is 309 Å². The van der Waals surface area contributed by atoms with Gasteiger partial charge >= 0.3 is 5.97 Å². The van der Waals surface area contributed by atoms with Crippen LogP contribution >= 0.6 is 0 Å². The summed E-state index contributed by atoms with van der Waals surface area (Å²) in [4.78, 5) is 24.5. The first kappa shape index (κ1) is 60.6. The van der Waals surface area contributed by atoms with Gasteiger partial charge in [0.05, 0.1) is 25.4 Å². The molecule has 0 spiro atoms. The van der Waals surface area contributed by atoms with E-state index in [1.54, 1.807) is 6.08 Å². The van der Waals surface area contributed by atoms with E-state index in [-0.39, 0.29) is 18.5 Å². The molecule has 0 heterocycles. The topological polar surface area (TPSA) is 95.9 Å². The first-order chi connectivity index (χ1) is 30.5. The highest BCUT2D eigenvalue weighted by Gasteiger charge is 2.18. The third-order valence-corrected chi connectivity index (χ3v) is 13.1. The highest BCUT2D eigenvalue weighted by Crippen LogP contribution is 2.17. The van der Waals surface area contributed by atoms with Crippen molar-refractivity contribution in [3.63, 3.8) is 0 Å². The number of amides is 1. The first-order valence-electron chi connectivity index (χ1n) is 28.0. The van der Waals surface area contributed by atoms with Crippen molar-refractivity contribution in [1.29, 1.82) is 0 Å². The quantitative estimate of drug-likeness (QED) is 0.0321. The van der Waals surface area contributed by atoms with Crippen molar-refractivity contribution in [2.24, 2.45) is 0 Å². The Morgan fingerprint density at radius 2 is 0.742 bits per heavy atom. The second-order valence-corrected chi connectivity index (χ2v) is 19.3. The number of hydrogen-bond donors (Lipinski definition) is 3. The van der Waals surface area contributed by atoms with Crippen molar-refractivity contribution in [1.82, 2.24) is 5.32 Å². The molecule has 0 radical (unpaired) electrons. The maximum atomic E-state index is 12.4. The van der Waals surface area contributed by atoms with Crippen LogP contribution in [0.25, 0.3) is 0 Å². The van der Waals surface area contributed by atoms with E-state index in [1.807, 2.05) is 6.08 Å². The largest absolute Gasteiger partial charge is 0.466 e. The summed E-state index contributed by atoms with van der Waals surface area (Å²) in [6.45, 7) is 4.90. The zero-order valence-electron chi connectivity index (χ0n) is 41.9. The SMILES string of the molecule is CCCCCCCCCCCCC/C=C/C(O)C(CO)NC(=O)CCCCCCCCCCCCCCCCCCCOC(=O)CCCCCCCCCCCCCCCCC. The van der Waals surface area contributed by atoms with E-state index < -0.39 is 12.1 Å². The van der Waals surface area contributed by atoms with Crippen molar-refractivity contribution in [2.45, 2.75) is 321 Å². The molecule has 0 aromatic heterocycles. The molecule has 0 fully saturated rings. The molecule has 0 aliphatic heterocycles. The van der Waals surface area contributed by atoms with Crippen LogP contribution in [0, 0.1) is 0 Å². The maximum Gasteiger partial charge on any atom is 0.305 e. The van der Waals surface area contributed by atoms with Crippen LogP contribution < -0.4 is 5.32 Å². The Balaban J connectivity index is 3.41. The van der Waals surface area contributed by atoms with Gasteiger partial charge in [-0.15, -0.1) is 0 Å². The van der Waals surface area contributed by atoms with E-state index in [0.717, 1.165) is 38.5 Å². The first-order valence-corrected chi connectivity index (χ1v) is 28.0. The van der Waals surface area contributed by atoms with Gasteiger partial charge in [0.25, 0.3) is 0 Å². The summed E-state index contributed by atoms with van der Waals surface area (Å²) in [6, 6.07) is -0.630. The Morgan fingerprint density at radius 3 is 1.10 bits per heavy atom. The van der Waals surface area contributed by atoms with Gasteiger partial charge in [0, 0.05) is 12.8 Å². The van der Waals surface area contributed by atoms with E-state index in [2.05, 4.69) is 19.2 Å². The van der Waals surface area contributed by atoms with Crippen LogP contribution in [0.5, 0.6) is 0 Å². The molecule has 2 atom stereocenters. The molecule has 6 nitrogen and oxygen atoms in total. The number of carbonyl (C=O) groups excluding carboxylic acids is 2. The zero-order valence-corrected chi connectivity index (χ0v) is 41.9. The second-order valence-electron chi connectivity index (χ2n) is 19.3. The average molecular weight is 876 g/mol. The highest BCUT2D eigenvalue weighted by molar-refractivity contribution is 5.76. The van der Waals surface area contributed by atoms with Gasteiger partial charge in [-0.3, -0.25) is 9.59 Å². The van der Waals surface area contributed by atoms with Crippen LogP contribution in [-0.2, 0) is 14.3 Å². The number of carbonyl (C=O) groups is 2. The molecule has 0 aliphatic rings. The molecule has 0 aliphatic carbocycles. The lowest BCUT2D eigenvalue weighted by atomic mass is 10.0. The molecule has 0 aromatic rings. The Labute approximate surface area is 387 Å². The van der Waals surface area contributed by atoms with Gasteiger partial charge in [-0.05, 0) is 32.1 Å². The van der Waals surface area contributed by atoms with Crippen molar-refractivity contribution in [3.8, 4) is 0 Å². The van der Waals surface area contributed by atoms with Crippen LogP contribution in [0.2, 0.25) is 0 Å². The van der Waals surface area contributed by atoms with E-state index in [0.29, 0.717) is 19.4 Å². The Kier molecular flexibility index (Phi) is 51.0. The summed E-state index contributed by atoms with van der Waals surface area (Å²) >= 11 is 0. The molecule has 2 unspecified atom stereocenters. The summed E-state index contributed by atoms with van der Waals surface area (Å²) in [6.07, 6.45) is 60.8. The number of ether oxygens (including phenoxy) is 1. The van der Waals surface area contributed by atoms with Gasteiger partial charge in [0.15, 0.2) is 0 Å². The normalized spacial score (nSPS) is 12.6. The summed E-state index contributed by atoms with van der Waals surface area (Å²) < 4.78 is 5.48. The van der Waals surface area contributed by atoms with Crippen molar-refractivity contribution < 1.29 is 24.5 Å². The number of unbranched alkanes of at least 4 members (excludes halogenated alkanes) is 41. The zero-order chi connectivity index (χ0) is 45.1. The van der Waals surface area contributed by atoms with Gasteiger partial charge in [0.1, 0.15) is 0 Å². The Bertz CT molecular complexity index is 924. The summed E-state index contributed by atoms with van der Waals surface area (Å²) in [5.74, 6) is -0.0647. The Hall–Kier alpha value is -1.40. The van der Waals surface area contributed by atoms with Crippen LogP contribution in [-0.4, -0.2) is 47.4 Å². The number of hydrogen-bond acceptors (Lipinski definition) is 5. The monoisotopic (exact) mass is 876 g/mol. The molecule has 6 heteroatoms. The van der Waals surface area contributed by atoms with Crippen LogP contribution in [0.3, 0.4) is 0 Å². The predicted molar refractivity (Wildman–Crippen MR) is 269 cm³/mol. The lowest BCUT2D eigenvalue weighted by Crippen LogP contribution is -2.45. The summed E-state index contributed by atoms with van der Waals surface area (Å²) in [5.41, 5.74) is 0. The van der Waals surface area contributed by atoms with Crippen LogP contribution in [0.4, 0.5) is 0 Å². The fourth-order valence-corrected chi connectivity index (χ4v) is 8.75. The minimum Gasteiger partial charge on any atom is -0.466 e. The predicted octanol–water partition coefficient (Wildman–Crippen LogP) is 16.9. The molecular weight excluding hydrogens is 767 g/mol. The molecule has 0 aromatic carbocycles. The van der Waals surface area contributed by atoms with E-state index in [9.17, 15) is 19.8 Å². The maximum absolute atomic E-state index is 12.4. The number of allylic oxidation sites excluding steroid dienone is 1. The van der Waals surface area contributed by atoms with Gasteiger partial charge < -0.3 is 20.3 Å². The number of aliphatic hydroxyl groups is 2. The fourth-order valence-electron chi connectivity index (χ4n) is 8.75. The third-order valence-electron chi connectivity index (χ3n) is 13.1. The molecule has 1 amide bonds. The highest BCUT2D eigenvalue weighted by atomic mass is 16.5. The molecule has 0 bridgehead atoms. The minimum absolute atomic E-state index is 0.00759. The lowest BCUT2D eigenvalue weighted by Gasteiger charge is -2.20. The van der Waals surface area contributed by atoms with E-state index in [1.165, 1.54) is 244 Å². The number of aliphatic hydroxyl groups excluding tert-OH is 2. The van der Waals surface area contributed by atoms with Crippen LogP contribution in [0.15, 0.2) is 12.2 Å². The number of nitrogens with one attached hydrogen (secondary N) is 1. The van der Waals surface area contributed by atoms with Crippen molar-refractivity contribution in [2.75, 3.05) is 13.2 Å². The van der Waals surface area contributed by atoms with Gasteiger partial charge in [-0.25, -0.2) is 0 Å². The van der Waals surface area contributed by atoms with E-state index >= 15 is 0 Å². The Morgan fingerprint density at radius 1 is 0.435 bits per heavy atom. The fraction of sp³-hybridized carbons (Fsp3) is 0.929. The molecule has 0 rings (SSSR count). The third kappa shape index (κ3) is 48.1. The molecule has 62 heavy (non-hydrogen) atoms. The summed E-state index contributed by atoms with van der Waals surface area (Å²) in [7, 11) is 0. The summed E-state index contributed by atoms with van der Waals surface area (Å²) in [5, 5.41) is 23.0. The average Bonchev–Trinajstić information content (AvgIpc) is 3.27. The van der Waals surface area contributed by atoms with Gasteiger partial charge in [-0.2, -0.15) is 0 Å². The number of esters is 1. The molecule has 0 saturated heterocycles. The standard InChI is InChI=1S/C56H109NO5/c1-3-5-7-9-11-13-15-17-21-26-30-34-38-42-46-50-56(61)62-51-47-43-39-35-31-27-23-20-18-19-22-25-29-33-37-41-45-49-55(60)57-53(52-58)54(59)48-44-40-36-32-28-24-16-14-12-10-8-6-4-2/h44,48,53-54,58-59H,3-43,45-47,49-52H2,1-2H3,(H,57,60)/b48-44+. The number of rotatable bonds is 52. The smallest absolute Gasteiger partial charge is 0.305 e. The van der Waals surface area contributed by atoms with Crippen molar-refractivity contribution in [3.05, 3.63) is 12.2 Å². The lowest BCUT2D eigenvalue weighted by molar-refractivity contribution is -0.143. The van der Waals surface area contributed by atoms with Gasteiger partial charge in [0.2, 0.25) is 5.91 Å². The van der Waals surface area contributed by atoms with Gasteiger partial charge in [-0.1, -0.05) is 276 Å². The molecule has 368 valence electrons. The second kappa shape index (κ2) is 52.2. The molecule has 3 N–H and O–H groups in total.